The lowest BCUT2D eigenvalue weighted by Gasteiger charge is -2.29. The van der Waals surface area contributed by atoms with Gasteiger partial charge in [-0.2, -0.15) is 0 Å². The van der Waals surface area contributed by atoms with Crippen molar-refractivity contribution in [3.8, 4) is 5.75 Å². The molecule has 138 valence electrons. The standard InChI is InChI=1S/C21H27N3O2/c1-24-13-11-19(12-14-24)26-18-9-7-17(8-10-18)23-21(25)15-20(22)16-5-3-2-4-6-16/h2-10,19-20H,11-15,22H2,1H3,(H,23,25). The van der Waals surface area contributed by atoms with Crippen molar-refractivity contribution in [3.05, 3.63) is 60.2 Å². The molecular formula is C21H27N3O2. The van der Waals surface area contributed by atoms with Gasteiger partial charge in [-0.3, -0.25) is 4.79 Å². The number of hydrogen-bond donors (Lipinski definition) is 2. The predicted octanol–water partition coefficient (Wildman–Crippen LogP) is 3.19. The molecule has 3 rings (SSSR count). The van der Waals surface area contributed by atoms with Crippen LogP contribution in [0.15, 0.2) is 54.6 Å². The third-order valence-corrected chi connectivity index (χ3v) is 4.74. The first kappa shape index (κ1) is 18.4. The molecule has 2 aromatic carbocycles. The van der Waals surface area contributed by atoms with Gasteiger partial charge in [0.15, 0.2) is 0 Å². The van der Waals surface area contributed by atoms with E-state index in [-0.39, 0.29) is 24.5 Å². The van der Waals surface area contributed by atoms with Crippen molar-refractivity contribution in [2.24, 2.45) is 5.73 Å². The molecule has 1 amide bonds. The number of likely N-dealkylation sites (tertiary alicyclic amines) is 1. The van der Waals surface area contributed by atoms with E-state index in [1.54, 1.807) is 0 Å². The van der Waals surface area contributed by atoms with E-state index >= 15 is 0 Å². The monoisotopic (exact) mass is 353 g/mol. The quantitative estimate of drug-likeness (QED) is 0.837. The van der Waals surface area contributed by atoms with Gasteiger partial charge in [-0.15, -0.1) is 0 Å². The Hall–Kier alpha value is -2.37. The van der Waals surface area contributed by atoms with Crippen LogP contribution in [0.1, 0.15) is 30.9 Å². The van der Waals surface area contributed by atoms with Gasteiger partial charge in [0, 0.05) is 31.2 Å². The van der Waals surface area contributed by atoms with Crippen LogP contribution in [-0.4, -0.2) is 37.0 Å². The summed E-state index contributed by atoms with van der Waals surface area (Å²) in [6, 6.07) is 16.9. The lowest BCUT2D eigenvalue weighted by molar-refractivity contribution is -0.116. The third kappa shape index (κ3) is 5.31. The minimum atomic E-state index is -0.303. The van der Waals surface area contributed by atoms with Gasteiger partial charge in [-0.25, -0.2) is 0 Å². The third-order valence-electron chi connectivity index (χ3n) is 4.74. The number of piperidine rings is 1. The van der Waals surface area contributed by atoms with E-state index in [2.05, 4.69) is 17.3 Å². The summed E-state index contributed by atoms with van der Waals surface area (Å²) < 4.78 is 6.03. The number of anilines is 1. The molecule has 0 aromatic heterocycles. The number of nitrogens with zero attached hydrogens (tertiary/aromatic N) is 1. The highest BCUT2D eigenvalue weighted by molar-refractivity contribution is 5.91. The lowest BCUT2D eigenvalue weighted by atomic mass is 10.0. The molecule has 1 saturated heterocycles. The van der Waals surface area contributed by atoms with Gasteiger partial charge in [-0.1, -0.05) is 30.3 Å². The summed E-state index contributed by atoms with van der Waals surface area (Å²) in [5.74, 6) is 0.754. The maximum absolute atomic E-state index is 12.2. The summed E-state index contributed by atoms with van der Waals surface area (Å²) in [6.45, 7) is 2.14. The zero-order valence-corrected chi connectivity index (χ0v) is 15.2. The van der Waals surface area contributed by atoms with Crippen LogP contribution < -0.4 is 15.8 Å². The van der Waals surface area contributed by atoms with Gasteiger partial charge in [0.05, 0.1) is 0 Å². The Labute approximate surface area is 155 Å². The van der Waals surface area contributed by atoms with Crippen LogP contribution in [0.5, 0.6) is 5.75 Å². The lowest BCUT2D eigenvalue weighted by Crippen LogP contribution is -2.35. The minimum Gasteiger partial charge on any atom is -0.490 e. The first-order valence-electron chi connectivity index (χ1n) is 9.16. The fourth-order valence-corrected chi connectivity index (χ4v) is 3.14. The fraction of sp³-hybridized carbons (Fsp3) is 0.381. The topological polar surface area (TPSA) is 67.6 Å². The molecule has 0 spiro atoms. The maximum atomic E-state index is 12.2. The molecule has 1 fully saturated rings. The summed E-state index contributed by atoms with van der Waals surface area (Å²) in [5, 5.41) is 2.90. The highest BCUT2D eigenvalue weighted by atomic mass is 16.5. The fourth-order valence-electron chi connectivity index (χ4n) is 3.14. The van der Waals surface area contributed by atoms with Crippen LogP contribution in [0.2, 0.25) is 0 Å². The Balaban J connectivity index is 1.48. The van der Waals surface area contributed by atoms with Gasteiger partial charge in [-0.05, 0) is 49.7 Å². The van der Waals surface area contributed by atoms with E-state index < -0.39 is 0 Å². The number of carbonyl (C=O) groups is 1. The Bertz CT molecular complexity index is 695. The molecule has 1 aliphatic heterocycles. The minimum absolute atomic E-state index is 0.0923. The molecule has 5 nitrogen and oxygen atoms in total. The van der Waals surface area contributed by atoms with E-state index in [9.17, 15) is 4.79 Å². The number of ether oxygens (including phenoxy) is 1. The van der Waals surface area contributed by atoms with Gasteiger partial charge >= 0.3 is 0 Å². The van der Waals surface area contributed by atoms with Crippen LogP contribution in [-0.2, 0) is 4.79 Å². The Morgan fingerprint density at radius 2 is 1.81 bits per heavy atom. The summed E-state index contributed by atoms with van der Waals surface area (Å²) in [5.41, 5.74) is 7.82. The van der Waals surface area contributed by atoms with Gasteiger partial charge in [0.1, 0.15) is 11.9 Å². The van der Waals surface area contributed by atoms with E-state index in [4.69, 9.17) is 10.5 Å². The Morgan fingerprint density at radius 3 is 2.46 bits per heavy atom. The summed E-state index contributed by atoms with van der Waals surface area (Å²) in [7, 11) is 2.14. The molecule has 0 saturated carbocycles. The van der Waals surface area contributed by atoms with Gasteiger partial charge in [0.25, 0.3) is 0 Å². The molecular weight excluding hydrogens is 326 g/mol. The van der Waals surface area contributed by atoms with Crippen LogP contribution >= 0.6 is 0 Å². The summed E-state index contributed by atoms with van der Waals surface area (Å²) >= 11 is 0. The smallest absolute Gasteiger partial charge is 0.226 e. The molecule has 1 heterocycles. The van der Waals surface area contributed by atoms with E-state index in [1.807, 2.05) is 54.6 Å². The largest absolute Gasteiger partial charge is 0.490 e. The van der Waals surface area contributed by atoms with Crippen LogP contribution in [0.4, 0.5) is 5.69 Å². The SMILES string of the molecule is CN1CCC(Oc2ccc(NC(=O)CC(N)c3ccccc3)cc2)CC1. The second-order valence-corrected chi connectivity index (χ2v) is 6.91. The van der Waals surface area contributed by atoms with Crippen molar-refractivity contribution in [2.45, 2.75) is 31.4 Å². The summed E-state index contributed by atoms with van der Waals surface area (Å²) in [4.78, 5) is 14.5. The molecule has 26 heavy (non-hydrogen) atoms. The number of benzene rings is 2. The van der Waals surface area contributed by atoms with Crippen molar-refractivity contribution in [2.75, 3.05) is 25.5 Å². The molecule has 1 unspecified atom stereocenters. The molecule has 0 radical (unpaired) electrons. The number of nitrogens with one attached hydrogen (secondary N) is 1. The average Bonchev–Trinajstić information content (AvgIpc) is 2.66. The molecule has 1 atom stereocenters. The molecule has 2 aromatic rings. The van der Waals surface area contributed by atoms with E-state index in [0.29, 0.717) is 0 Å². The Morgan fingerprint density at radius 1 is 1.15 bits per heavy atom. The van der Waals surface area contributed by atoms with Crippen molar-refractivity contribution >= 4 is 11.6 Å². The zero-order chi connectivity index (χ0) is 18.4. The number of rotatable bonds is 6. The predicted molar refractivity (Wildman–Crippen MR) is 104 cm³/mol. The maximum Gasteiger partial charge on any atom is 0.226 e. The van der Waals surface area contributed by atoms with Crippen LogP contribution in [0.25, 0.3) is 0 Å². The highest BCUT2D eigenvalue weighted by Gasteiger charge is 2.18. The summed E-state index contributed by atoms with van der Waals surface area (Å²) in [6.07, 6.45) is 2.62. The molecule has 0 aliphatic carbocycles. The van der Waals surface area contributed by atoms with Crippen LogP contribution in [0, 0.1) is 0 Å². The molecule has 0 bridgehead atoms. The van der Waals surface area contributed by atoms with E-state index in [1.165, 1.54) is 0 Å². The highest BCUT2D eigenvalue weighted by Crippen LogP contribution is 2.21. The number of nitrogens with two attached hydrogens (primary N) is 1. The Kier molecular flexibility index (Phi) is 6.26. The number of carbonyl (C=O) groups excluding carboxylic acids is 1. The van der Waals surface area contributed by atoms with Crippen molar-refractivity contribution in [1.82, 2.24) is 4.90 Å². The second kappa shape index (κ2) is 8.83. The number of amides is 1. The average molecular weight is 353 g/mol. The van der Waals surface area contributed by atoms with Crippen LogP contribution in [0.3, 0.4) is 0 Å². The second-order valence-electron chi connectivity index (χ2n) is 6.91. The van der Waals surface area contributed by atoms with Gasteiger partial charge in [0.2, 0.25) is 5.91 Å². The van der Waals surface area contributed by atoms with Crippen molar-refractivity contribution in [1.29, 1.82) is 0 Å². The van der Waals surface area contributed by atoms with Gasteiger partial charge < -0.3 is 20.7 Å². The van der Waals surface area contributed by atoms with E-state index in [0.717, 1.165) is 42.9 Å². The van der Waals surface area contributed by atoms with Crippen molar-refractivity contribution < 1.29 is 9.53 Å². The molecule has 3 N–H and O–H groups in total. The number of hydrogen-bond acceptors (Lipinski definition) is 4. The molecule has 1 aliphatic rings. The first-order chi connectivity index (χ1) is 12.6. The molecule has 5 heteroatoms. The first-order valence-corrected chi connectivity index (χ1v) is 9.16. The zero-order valence-electron chi connectivity index (χ0n) is 15.2. The normalized spacial score (nSPS) is 16.8. The van der Waals surface area contributed by atoms with Crippen molar-refractivity contribution in [3.63, 3.8) is 0 Å².